The van der Waals surface area contributed by atoms with Crippen molar-refractivity contribution in [2.75, 3.05) is 24.3 Å². The molecule has 0 aliphatic carbocycles. The van der Waals surface area contributed by atoms with Gasteiger partial charge in [0, 0.05) is 32.0 Å². The second-order valence-corrected chi connectivity index (χ2v) is 5.00. The van der Waals surface area contributed by atoms with Gasteiger partial charge in [-0.15, -0.1) is 0 Å². The summed E-state index contributed by atoms with van der Waals surface area (Å²) in [6.45, 7) is 0.348. The van der Waals surface area contributed by atoms with Crippen molar-refractivity contribution in [3.63, 3.8) is 0 Å². The van der Waals surface area contributed by atoms with Crippen LogP contribution in [0, 0.1) is 0 Å². The summed E-state index contributed by atoms with van der Waals surface area (Å²) in [7, 11) is 3.87. The van der Waals surface area contributed by atoms with E-state index in [9.17, 15) is 13.2 Å². The molecule has 0 saturated heterocycles. The molecule has 2 rings (SSSR count). The van der Waals surface area contributed by atoms with Crippen molar-refractivity contribution in [2.45, 2.75) is 12.7 Å². The molecule has 1 N–H and O–H groups in total. The van der Waals surface area contributed by atoms with Gasteiger partial charge in [0.15, 0.2) is 0 Å². The van der Waals surface area contributed by atoms with Gasteiger partial charge in [-0.3, -0.25) is 0 Å². The number of anilines is 2. The molecule has 0 atom stereocenters. The topological polar surface area (TPSA) is 15.3 Å². The number of nitrogens with one attached hydrogen (secondary N) is 1. The van der Waals surface area contributed by atoms with Crippen molar-refractivity contribution in [3.05, 3.63) is 59.7 Å². The van der Waals surface area contributed by atoms with Crippen molar-refractivity contribution in [1.82, 2.24) is 0 Å². The second-order valence-electron chi connectivity index (χ2n) is 5.00. The van der Waals surface area contributed by atoms with Gasteiger partial charge in [0.2, 0.25) is 0 Å². The number of halogens is 3. The lowest BCUT2D eigenvalue weighted by Gasteiger charge is -2.15. The summed E-state index contributed by atoms with van der Waals surface area (Å²) in [4.78, 5) is 1.97. The van der Waals surface area contributed by atoms with Crippen LogP contribution in [0.2, 0.25) is 0 Å². The molecule has 2 nitrogen and oxygen atoms in total. The average Bonchev–Trinajstić information content (AvgIpc) is 2.45. The van der Waals surface area contributed by atoms with E-state index in [1.54, 1.807) is 6.07 Å². The zero-order chi connectivity index (χ0) is 15.5. The monoisotopic (exact) mass is 294 g/mol. The van der Waals surface area contributed by atoms with Gasteiger partial charge in [-0.1, -0.05) is 18.2 Å². The van der Waals surface area contributed by atoms with Gasteiger partial charge in [0.25, 0.3) is 0 Å². The van der Waals surface area contributed by atoms with Gasteiger partial charge in [-0.05, 0) is 35.9 Å². The summed E-state index contributed by atoms with van der Waals surface area (Å²) < 4.78 is 37.9. The number of benzene rings is 2. The zero-order valence-corrected chi connectivity index (χ0v) is 11.9. The Labute approximate surface area is 122 Å². The van der Waals surface area contributed by atoms with Crippen molar-refractivity contribution in [3.8, 4) is 0 Å². The van der Waals surface area contributed by atoms with Gasteiger partial charge in [0.05, 0.1) is 5.56 Å². The Hall–Kier alpha value is -2.17. The Kier molecular flexibility index (Phi) is 4.40. The molecular formula is C16H17F3N2. The Morgan fingerprint density at radius 1 is 1.00 bits per heavy atom. The summed E-state index contributed by atoms with van der Waals surface area (Å²) >= 11 is 0. The number of alkyl halides is 3. The lowest BCUT2D eigenvalue weighted by molar-refractivity contribution is -0.137. The fourth-order valence-electron chi connectivity index (χ4n) is 1.96. The highest BCUT2D eigenvalue weighted by molar-refractivity contribution is 5.57. The van der Waals surface area contributed by atoms with Crippen molar-refractivity contribution < 1.29 is 13.2 Å². The van der Waals surface area contributed by atoms with Gasteiger partial charge < -0.3 is 10.2 Å². The molecule has 5 heteroatoms. The molecule has 0 aromatic heterocycles. The lowest BCUT2D eigenvalue weighted by Crippen LogP contribution is -2.09. The first kappa shape index (κ1) is 15.2. The molecule has 112 valence electrons. The minimum absolute atomic E-state index is 0.348. The van der Waals surface area contributed by atoms with Crippen LogP contribution in [0.1, 0.15) is 11.1 Å². The van der Waals surface area contributed by atoms with Crippen LogP contribution in [0.15, 0.2) is 48.5 Å². The lowest BCUT2D eigenvalue weighted by atomic mass is 10.1. The zero-order valence-electron chi connectivity index (χ0n) is 11.9. The van der Waals surface area contributed by atoms with Crippen molar-refractivity contribution in [1.29, 1.82) is 0 Å². The van der Waals surface area contributed by atoms with Crippen LogP contribution in [0.3, 0.4) is 0 Å². The maximum atomic E-state index is 12.6. The van der Waals surface area contributed by atoms with E-state index in [2.05, 4.69) is 5.32 Å². The van der Waals surface area contributed by atoms with Gasteiger partial charge in [-0.25, -0.2) is 0 Å². The first-order chi connectivity index (χ1) is 9.86. The van der Waals surface area contributed by atoms with Crippen molar-refractivity contribution in [2.24, 2.45) is 0 Å². The Balaban J connectivity index is 2.08. The van der Waals surface area contributed by atoms with Gasteiger partial charge in [-0.2, -0.15) is 13.2 Å². The fourth-order valence-corrected chi connectivity index (χ4v) is 1.96. The fraction of sp³-hybridized carbons (Fsp3) is 0.250. The van der Waals surface area contributed by atoms with E-state index in [1.165, 1.54) is 12.1 Å². The molecule has 0 amide bonds. The quantitative estimate of drug-likeness (QED) is 0.900. The molecule has 0 radical (unpaired) electrons. The number of nitrogens with zero attached hydrogens (tertiary/aromatic N) is 1. The number of hydrogen-bond donors (Lipinski definition) is 1. The summed E-state index contributed by atoms with van der Waals surface area (Å²) in [5, 5.41) is 3.14. The van der Waals surface area contributed by atoms with E-state index in [-0.39, 0.29) is 0 Å². The van der Waals surface area contributed by atoms with Crippen LogP contribution >= 0.6 is 0 Å². The Morgan fingerprint density at radius 2 is 1.71 bits per heavy atom. The normalized spacial score (nSPS) is 11.3. The Bertz CT molecular complexity index is 606. The van der Waals surface area contributed by atoms with Crippen LogP contribution in [0.5, 0.6) is 0 Å². The van der Waals surface area contributed by atoms with Crippen molar-refractivity contribution >= 4 is 11.4 Å². The smallest absolute Gasteiger partial charge is 0.381 e. The van der Waals surface area contributed by atoms with E-state index in [1.807, 2.05) is 43.3 Å². The van der Waals surface area contributed by atoms with E-state index >= 15 is 0 Å². The molecule has 2 aromatic carbocycles. The first-order valence-corrected chi connectivity index (χ1v) is 6.53. The highest BCUT2D eigenvalue weighted by atomic mass is 19.4. The molecule has 0 heterocycles. The molecule has 0 bridgehead atoms. The summed E-state index contributed by atoms with van der Waals surface area (Å²) in [5.74, 6) is 0. The highest BCUT2D eigenvalue weighted by Gasteiger charge is 2.30. The van der Waals surface area contributed by atoms with Crippen LogP contribution in [0.4, 0.5) is 24.5 Å². The Morgan fingerprint density at radius 3 is 2.38 bits per heavy atom. The molecular weight excluding hydrogens is 277 g/mol. The molecule has 21 heavy (non-hydrogen) atoms. The SMILES string of the molecule is CN(C)c1cccc(NCc2cccc(C(F)(F)F)c2)c1. The number of rotatable bonds is 4. The summed E-state index contributed by atoms with van der Waals surface area (Å²) in [6.07, 6.45) is -4.30. The third-order valence-corrected chi connectivity index (χ3v) is 3.11. The summed E-state index contributed by atoms with van der Waals surface area (Å²) in [6, 6.07) is 13.1. The van der Waals surface area contributed by atoms with Gasteiger partial charge in [0.1, 0.15) is 0 Å². The van der Waals surface area contributed by atoms with Crippen LogP contribution in [0.25, 0.3) is 0 Å². The van der Waals surface area contributed by atoms with E-state index in [0.29, 0.717) is 12.1 Å². The first-order valence-electron chi connectivity index (χ1n) is 6.53. The molecule has 0 aliphatic heterocycles. The largest absolute Gasteiger partial charge is 0.416 e. The minimum atomic E-state index is -4.30. The third kappa shape index (κ3) is 4.15. The van der Waals surface area contributed by atoms with Crippen LogP contribution in [-0.2, 0) is 12.7 Å². The molecule has 0 fully saturated rings. The van der Waals surface area contributed by atoms with Crippen LogP contribution < -0.4 is 10.2 Å². The summed E-state index contributed by atoms with van der Waals surface area (Å²) in [5.41, 5.74) is 1.88. The molecule has 0 saturated carbocycles. The highest BCUT2D eigenvalue weighted by Crippen LogP contribution is 2.29. The van der Waals surface area contributed by atoms with Crippen LogP contribution in [-0.4, -0.2) is 14.1 Å². The minimum Gasteiger partial charge on any atom is -0.381 e. The predicted molar refractivity (Wildman–Crippen MR) is 79.5 cm³/mol. The second kappa shape index (κ2) is 6.08. The maximum Gasteiger partial charge on any atom is 0.416 e. The molecule has 0 aliphatic rings. The third-order valence-electron chi connectivity index (χ3n) is 3.11. The number of hydrogen-bond acceptors (Lipinski definition) is 2. The maximum absolute atomic E-state index is 12.6. The molecule has 0 unspecified atom stereocenters. The standard InChI is InChI=1S/C16H17F3N2/c1-21(2)15-8-4-7-14(10-15)20-11-12-5-3-6-13(9-12)16(17,18)19/h3-10,20H,11H2,1-2H3. The molecule has 0 spiro atoms. The van der Waals surface area contributed by atoms with E-state index in [0.717, 1.165) is 17.4 Å². The van der Waals surface area contributed by atoms with Gasteiger partial charge >= 0.3 is 6.18 Å². The average molecular weight is 294 g/mol. The van der Waals surface area contributed by atoms with E-state index < -0.39 is 11.7 Å². The van der Waals surface area contributed by atoms with E-state index in [4.69, 9.17) is 0 Å². The molecule has 2 aromatic rings. The predicted octanol–water partition coefficient (Wildman–Crippen LogP) is 4.38.